The minimum atomic E-state index is 1.03. The van der Waals surface area contributed by atoms with Crippen LogP contribution in [0.25, 0.3) is 24.3 Å². The van der Waals surface area contributed by atoms with Gasteiger partial charge in [-0.25, -0.2) is 0 Å². The highest BCUT2D eigenvalue weighted by Crippen LogP contribution is 2.37. The van der Waals surface area contributed by atoms with Crippen molar-refractivity contribution in [3.05, 3.63) is 214 Å². The lowest BCUT2D eigenvalue weighted by molar-refractivity contribution is 1.13. The quantitative estimate of drug-likeness (QED) is 0.103. The van der Waals surface area contributed by atoms with Crippen LogP contribution in [0.1, 0.15) is 72.2 Å². The van der Waals surface area contributed by atoms with E-state index < -0.39 is 0 Å². The minimum absolute atomic E-state index is 1.03. The predicted octanol–water partition coefficient (Wildman–Crippen LogP) is 15.2. The van der Waals surface area contributed by atoms with Crippen LogP contribution in [0.15, 0.2) is 170 Å². The van der Waals surface area contributed by atoms with E-state index in [1.165, 1.54) is 33.4 Å². The minimum Gasteiger partial charge on any atom is -0.311 e. The Kier molecular flexibility index (Phi) is 12.4. The number of rotatable bonds is 14. The van der Waals surface area contributed by atoms with Gasteiger partial charge in [0.2, 0.25) is 0 Å². The Morgan fingerprint density at radius 3 is 0.768 bits per heavy atom. The highest BCUT2D eigenvalue weighted by atomic mass is 15.1. The molecule has 0 atom stereocenters. The number of hydrogen-bond acceptors (Lipinski definition) is 2. The fourth-order valence-corrected chi connectivity index (χ4v) is 7.04. The maximum atomic E-state index is 2.34. The van der Waals surface area contributed by atoms with Crippen molar-refractivity contribution in [1.82, 2.24) is 0 Å². The highest BCUT2D eigenvalue weighted by Gasteiger charge is 2.14. The van der Waals surface area contributed by atoms with Crippen LogP contribution in [-0.2, 0) is 25.7 Å². The molecule has 0 aliphatic carbocycles. The van der Waals surface area contributed by atoms with E-state index in [0.717, 1.165) is 70.9 Å². The van der Waals surface area contributed by atoms with Crippen molar-refractivity contribution in [2.24, 2.45) is 0 Å². The van der Waals surface area contributed by atoms with Crippen LogP contribution in [0.4, 0.5) is 34.1 Å². The predicted molar refractivity (Wildman–Crippen MR) is 244 cm³/mol. The van der Waals surface area contributed by atoms with Crippen LogP contribution in [0.3, 0.4) is 0 Å². The van der Waals surface area contributed by atoms with Crippen molar-refractivity contribution >= 4 is 58.4 Å². The van der Waals surface area contributed by atoms with E-state index in [9.17, 15) is 0 Å². The summed E-state index contributed by atoms with van der Waals surface area (Å²) in [5.41, 5.74) is 16.9. The number of hydrogen-bond donors (Lipinski definition) is 0. The van der Waals surface area contributed by atoms with Gasteiger partial charge in [-0.2, -0.15) is 0 Å². The summed E-state index contributed by atoms with van der Waals surface area (Å²) in [6.45, 7) is 8.79. The first-order valence-corrected chi connectivity index (χ1v) is 20.2. The van der Waals surface area contributed by atoms with Crippen LogP contribution >= 0.6 is 0 Å². The number of anilines is 6. The molecule has 0 saturated heterocycles. The molecule has 0 heterocycles. The first-order valence-electron chi connectivity index (χ1n) is 20.2. The van der Waals surface area contributed by atoms with Crippen molar-refractivity contribution < 1.29 is 0 Å². The van der Waals surface area contributed by atoms with Crippen molar-refractivity contribution in [1.29, 1.82) is 0 Å². The Bertz CT molecular complexity index is 2080. The van der Waals surface area contributed by atoms with E-state index in [2.05, 4.69) is 232 Å². The maximum Gasteiger partial charge on any atom is 0.0462 e. The molecule has 0 spiro atoms. The van der Waals surface area contributed by atoms with Gasteiger partial charge in [-0.15, -0.1) is 0 Å². The van der Waals surface area contributed by atoms with Crippen molar-refractivity contribution in [2.75, 3.05) is 9.80 Å². The number of aryl methyl sites for hydroxylation is 4. The third kappa shape index (κ3) is 9.28. The van der Waals surface area contributed by atoms with Gasteiger partial charge >= 0.3 is 0 Å². The summed E-state index contributed by atoms with van der Waals surface area (Å²) in [6.07, 6.45) is 12.9. The lowest BCUT2D eigenvalue weighted by Crippen LogP contribution is -2.10. The van der Waals surface area contributed by atoms with E-state index in [0.29, 0.717) is 0 Å². The summed E-state index contributed by atoms with van der Waals surface area (Å²) in [5, 5.41) is 0. The summed E-state index contributed by atoms with van der Waals surface area (Å²) < 4.78 is 0. The van der Waals surface area contributed by atoms with Crippen molar-refractivity contribution in [2.45, 2.75) is 53.4 Å². The Balaban J connectivity index is 1.06. The van der Waals surface area contributed by atoms with E-state index in [1.807, 2.05) is 0 Å². The molecular formula is C54H52N2. The molecule has 7 aromatic carbocycles. The average Bonchev–Trinajstić information content (AvgIpc) is 3.27. The number of nitrogens with zero attached hydrogens (tertiary/aromatic N) is 2. The average molecular weight is 729 g/mol. The van der Waals surface area contributed by atoms with Crippen LogP contribution in [0, 0.1) is 0 Å². The van der Waals surface area contributed by atoms with Gasteiger partial charge in [-0.1, -0.05) is 143 Å². The zero-order valence-electron chi connectivity index (χ0n) is 33.2. The first kappa shape index (κ1) is 37.9. The van der Waals surface area contributed by atoms with Crippen molar-refractivity contribution in [3.63, 3.8) is 0 Å². The smallest absolute Gasteiger partial charge is 0.0462 e. The molecule has 278 valence electrons. The molecule has 0 unspecified atom stereocenters. The fourth-order valence-electron chi connectivity index (χ4n) is 7.04. The zero-order chi connectivity index (χ0) is 38.7. The molecule has 0 aliphatic heterocycles. The van der Waals surface area contributed by atoms with Gasteiger partial charge in [-0.05, 0) is 149 Å². The van der Waals surface area contributed by atoms with E-state index in [-0.39, 0.29) is 0 Å². The molecule has 0 bridgehead atoms. The molecule has 0 N–H and O–H groups in total. The summed E-state index contributed by atoms with van der Waals surface area (Å²) in [6, 6.07) is 62.0. The van der Waals surface area contributed by atoms with Gasteiger partial charge in [0, 0.05) is 34.1 Å². The molecule has 56 heavy (non-hydrogen) atoms. The molecule has 7 rings (SSSR count). The largest absolute Gasteiger partial charge is 0.311 e. The summed E-state index contributed by atoms with van der Waals surface area (Å²) in [5.74, 6) is 0. The molecule has 0 fully saturated rings. The Morgan fingerprint density at radius 2 is 0.518 bits per heavy atom. The van der Waals surface area contributed by atoms with Crippen LogP contribution < -0.4 is 9.80 Å². The first-order chi connectivity index (χ1) is 27.5. The summed E-state index contributed by atoms with van der Waals surface area (Å²) in [7, 11) is 0. The van der Waals surface area contributed by atoms with Crippen LogP contribution in [-0.4, -0.2) is 0 Å². The highest BCUT2D eigenvalue weighted by molar-refractivity contribution is 5.80. The fraction of sp³-hybridized carbons (Fsp3) is 0.148. The Morgan fingerprint density at radius 1 is 0.286 bits per heavy atom. The third-order valence-corrected chi connectivity index (χ3v) is 10.6. The van der Waals surface area contributed by atoms with Crippen LogP contribution in [0.5, 0.6) is 0 Å². The van der Waals surface area contributed by atoms with Gasteiger partial charge in [0.1, 0.15) is 0 Å². The van der Waals surface area contributed by atoms with Gasteiger partial charge in [0.15, 0.2) is 0 Å². The SMILES string of the molecule is CCc1ccc(N(c2ccc(C=Cc3cccc(C=Cc4ccc(N(c5ccc(CC)cc5)c5ccc(CC)cc5)cc4)c3)cc2)c2ccc(CC)cc2)cc1. The molecule has 0 aromatic heterocycles. The second kappa shape index (κ2) is 18.3. The topological polar surface area (TPSA) is 6.48 Å². The lowest BCUT2D eigenvalue weighted by Gasteiger charge is -2.26. The number of benzene rings is 7. The molecule has 2 heteroatoms. The monoisotopic (exact) mass is 728 g/mol. The Hall–Kier alpha value is -6.38. The molecule has 0 aliphatic rings. The zero-order valence-corrected chi connectivity index (χ0v) is 33.2. The van der Waals surface area contributed by atoms with Gasteiger partial charge < -0.3 is 9.80 Å². The normalized spacial score (nSPS) is 11.4. The standard InChI is InChI=1S/C54H52N2/c1-5-41-16-28-49(29-17-41)55(50-30-18-42(6-2)19-31-50)53-36-24-45(25-37-53)12-14-47-10-9-11-48(40-47)15-13-46-26-38-54(39-27-46)56(51-32-20-43(7-3)21-33-51)52-34-22-44(8-4)23-35-52/h9-40H,5-8H2,1-4H3. The van der Waals surface area contributed by atoms with Gasteiger partial charge in [0.05, 0.1) is 0 Å². The van der Waals surface area contributed by atoms with Crippen molar-refractivity contribution in [3.8, 4) is 0 Å². The van der Waals surface area contributed by atoms with Gasteiger partial charge in [-0.3, -0.25) is 0 Å². The van der Waals surface area contributed by atoms with E-state index in [4.69, 9.17) is 0 Å². The van der Waals surface area contributed by atoms with Gasteiger partial charge in [0.25, 0.3) is 0 Å². The summed E-state index contributed by atoms with van der Waals surface area (Å²) in [4.78, 5) is 4.67. The van der Waals surface area contributed by atoms with Crippen LogP contribution in [0.2, 0.25) is 0 Å². The maximum absolute atomic E-state index is 2.34. The second-order valence-electron chi connectivity index (χ2n) is 14.3. The Labute approximate surface area is 334 Å². The molecular weight excluding hydrogens is 677 g/mol. The molecule has 2 nitrogen and oxygen atoms in total. The molecule has 0 amide bonds. The van der Waals surface area contributed by atoms with E-state index >= 15 is 0 Å². The molecule has 7 aromatic rings. The third-order valence-electron chi connectivity index (χ3n) is 10.6. The lowest BCUT2D eigenvalue weighted by atomic mass is 10.1. The molecule has 0 radical (unpaired) electrons. The van der Waals surface area contributed by atoms with E-state index in [1.54, 1.807) is 0 Å². The molecule has 0 saturated carbocycles. The summed E-state index contributed by atoms with van der Waals surface area (Å²) >= 11 is 0. The second-order valence-corrected chi connectivity index (χ2v) is 14.3.